The minimum atomic E-state index is -0.332. The molecule has 1 heterocycles. The van der Waals surface area contributed by atoms with Crippen LogP contribution in [0.25, 0.3) is 16.9 Å². The van der Waals surface area contributed by atoms with E-state index in [1.54, 1.807) is 23.0 Å². The second-order valence-electron chi connectivity index (χ2n) is 6.68. The lowest BCUT2D eigenvalue weighted by Crippen LogP contribution is -2.19. The van der Waals surface area contributed by atoms with Gasteiger partial charge in [-0.25, -0.2) is 14.5 Å². The van der Waals surface area contributed by atoms with Gasteiger partial charge in [-0.3, -0.25) is 4.79 Å². The molecule has 0 unspecified atom stereocenters. The minimum absolute atomic E-state index is 0.117. The lowest BCUT2D eigenvalue weighted by Gasteiger charge is -2.01. The number of nitrogens with one attached hydrogen (secondary N) is 1. The third-order valence-corrected chi connectivity index (χ3v) is 4.48. The van der Waals surface area contributed by atoms with Crippen LogP contribution >= 0.6 is 0 Å². The Hall–Kier alpha value is -4.06. The van der Waals surface area contributed by atoms with E-state index in [9.17, 15) is 9.18 Å². The number of nitrogens with zero attached hydrogens (tertiary/aromatic N) is 3. The van der Waals surface area contributed by atoms with Crippen molar-refractivity contribution in [3.63, 3.8) is 0 Å². The molecule has 0 atom stereocenters. The van der Waals surface area contributed by atoms with E-state index in [4.69, 9.17) is 5.10 Å². The van der Waals surface area contributed by atoms with Gasteiger partial charge in [-0.1, -0.05) is 60.7 Å². The van der Waals surface area contributed by atoms with Crippen molar-refractivity contribution in [3.8, 4) is 16.9 Å². The van der Waals surface area contributed by atoms with E-state index in [-0.39, 0.29) is 18.1 Å². The number of rotatable bonds is 6. The van der Waals surface area contributed by atoms with Crippen LogP contribution in [0.15, 0.2) is 96.2 Å². The van der Waals surface area contributed by atoms with Crippen molar-refractivity contribution in [1.29, 1.82) is 0 Å². The number of para-hydroxylation sites is 1. The Balaban J connectivity index is 1.54. The average molecular weight is 398 g/mol. The van der Waals surface area contributed by atoms with Crippen LogP contribution in [0, 0.1) is 5.82 Å². The molecule has 4 aromatic rings. The monoisotopic (exact) mass is 398 g/mol. The number of carbonyl (C=O) groups is 1. The molecule has 0 spiro atoms. The zero-order valence-electron chi connectivity index (χ0n) is 16.1. The molecule has 6 heteroatoms. The number of halogens is 1. The van der Waals surface area contributed by atoms with E-state index >= 15 is 0 Å². The summed E-state index contributed by atoms with van der Waals surface area (Å²) in [5.74, 6) is -0.615. The fourth-order valence-electron chi connectivity index (χ4n) is 3.02. The Labute approximate surface area is 173 Å². The van der Waals surface area contributed by atoms with Gasteiger partial charge in [-0.2, -0.15) is 10.2 Å². The predicted molar refractivity (Wildman–Crippen MR) is 115 cm³/mol. The summed E-state index contributed by atoms with van der Waals surface area (Å²) in [6, 6.07) is 25.4. The van der Waals surface area contributed by atoms with Crippen LogP contribution in [0.4, 0.5) is 4.39 Å². The zero-order chi connectivity index (χ0) is 20.8. The Morgan fingerprint density at radius 3 is 2.33 bits per heavy atom. The van der Waals surface area contributed by atoms with E-state index in [0.29, 0.717) is 5.56 Å². The number of hydrogen-bond donors (Lipinski definition) is 1. The highest BCUT2D eigenvalue weighted by atomic mass is 19.1. The largest absolute Gasteiger partial charge is 0.273 e. The SMILES string of the molecule is O=C(Cc1ccc(F)cc1)N/N=C/c1cn(-c2ccccc2)nc1-c1ccccc1. The van der Waals surface area contributed by atoms with Crippen molar-refractivity contribution >= 4 is 12.1 Å². The topological polar surface area (TPSA) is 59.3 Å². The quantitative estimate of drug-likeness (QED) is 0.387. The van der Waals surface area contributed by atoms with Gasteiger partial charge in [0.05, 0.1) is 18.3 Å². The van der Waals surface area contributed by atoms with Gasteiger partial charge in [-0.05, 0) is 29.8 Å². The molecule has 0 saturated heterocycles. The van der Waals surface area contributed by atoms with E-state index in [1.165, 1.54) is 12.1 Å². The molecular weight excluding hydrogens is 379 g/mol. The number of aromatic nitrogens is 2. The molecule has 4 rings (SSSR count). The highest BCUT2D eigenvalue weighted by Crippen LogP contribution is 2.22. The maximum Gasteiger partial charge on any atom is 0.244 e. The molecule has 0 aliphatic rings. The number of amides is 1. The molecule has 1 aromatic heterocycles. The molecule has 1 amide bonds. The summed E-state index contributed by atoms with van der Waals surface area (Å²) in [7, 11) is 0. The fourth-order valence-corrected chi connectivity index (χ4v) is 3.02. The molecule has 0 radical (unpaired) electrons. The van der Waals surface area contributed by atoms with Gasteiger partial charge in [-0.15, -0.1) is 0 Å². The molecule has 0 aliphatic heterocycles. The molecule has 0 bridgehead atoms. The maximum atomic E-state index is 13.0. The van der Waals surface area contributed by atoms with E-state index < -0.39 is 0 Å². The summed E-state index contributed by atoms with van der Waals surface area (Å²) in [6.45, 7) is 0. The van der Waals surface area contributed by atoms with E-state index in [1.807, 2.05) is 66.9 Å². The average Bonchev–Trinajstić information content (AvgIpc) is 3.21. The van der Waals surface area contributed by atoms with Crippen LogP contribution in [0.3, 0.4) is 0 Å². The first-order chi connectivity index (χ1) is 14.7. The smallest absolute Gasteiger partial charge is 0.244 e. The van der Waals surface area contributed by atoms with E-state index in [0.717, 1.165) is 22.5 Å². The molecule has 5 nitrogen and oxygen atoms in total. The third-order valence-electron chi connectivity index (χ3n) is 4.48. The first-order valence-electron chi connectivity index (χ1n) is 9.46. The van der Waals surface area contributed by atoms with Crippen LogP contribution in [-0.2, 0) is 11.2 Å². The van der Waals surface area contributed by atoms with Gasteiger partial charge in [0.2, 0.25) is 5.91 Å². The summed E-state index contributed by atoms with van der Waals surface area (Å²) in [5.41, 5.74) is 6.64. The molecule has 0 aliphatic carbocycles. The van der Waals surface area contributed by atoms with Crippen LogP contribution in [-0.4, -0.2) is 21.9 Å². The molecule has 30 heavy (non-hydrogen) atoms. The zero-order valence-corrected chi connectivity index (χ0v) is 16.1. The van der Waals surface area contributed by atoms with Gasteiger partial charge >= 0.3 is 0 Å². The summed E-state index contributed by atoms with van der Waals surface area (Å²) < 4.78 is 14.8. The van der Waals surface area contributed by atoms with Crippen molar-refractivity contribution in [2.45, 2.75) is 6.42 Å². The van der Waals surface area contributed by atoms with Crippen molar-refractivity contribution < 1.29 is 9.18 Å². The van der Waals surface area contributed by atoms with Gasteiger partial charge in [0.25, 0.3) is 0 Å². The Morgan fingerprint density at radius 2 is 1.63 bits per heavy atom. The fraction of sp³-hybridized carbons (Fsp3) is 0.0417. The second kappa shape index (κ2) is 8.96. The van der Waals surface area contributed by atoms with Crippen molar-refractivity contribution in [2.24, 2.45) is 5.10 Å². The van der Waals surface area contributed by atoms with Crippen LogP contribution < -0.4 is 5.43 Å². The summed E-state index contributed by atoms with van der Waals surface area (Å²) in [4.78, 5) is 12.1. The number of hydrogen-bond acceptors (Lipinski definition) is 3. The molecule has 148 valence electrons. The molecule has 0 fully saturated rings. The first-order valence-corrected chi connectivity index (χ1v) is 9.46. The van der Waals surface area contributed by atoms with Crippen molar-refractivity contribution in [2.75, 3.05) is 0 Å². The molecule has 1 N–H and O–H groups in total. The number of benzene rings is 3. The standard InChI is InChI=1S/C24H19FN4O/c25-21-13-11-18(12-14-21)15-23(30)27-26-16-20-17-29(22-9-5-2-6-10-22)28-24(20)19-7-3-1-4-8-19/h1-14,16-17H,15H2,(H,27,30)/b26-16+. The Morgan fingerprint density at radius 1 is 0.967 bits per heavy atom. The highest BCUT2D eigenvalue weighted by molar-refractivity contribution is 5.89. The van der Waals surface area contributed by atoms with Crippen molar-refractivity contribution in [3.05, 3.63) is 108 Å². The first kappa shape index (κ1) is 19.3. The normalized spacial score (nSPS) is 11.0. The summed E-state index contributed by atoms with van der Waals surface area (Å²) in [5, 5.41) is 8.80. The molecular formula is C24H19FN4O. The summed E-state index contributed by atoms with van der Waals surface area (Å²) >= 11 is 0. The lowest BCUT2D eigenvalue weighted by molar-refractivity contribution is -0.120. The summed E-state index contributed by atoms with van der Waals surface area (Å²) in [6.07, 6.45) is 3.57. The minimum Gasteiger partial charge on any atom is -0.273 e. The van der Waals surface area contributed by atoms with Gasteiger partial charge in [0, 0.05) is 17.3 Å². The van der Waals surface area contributed by atoms with E-state index in [2.05, 4.69) is 10.5 Å². The van der Waals surface area contributed by atoms with Crippen LogP contribution in [0.2, 0.25) is 0 Å². The predicted octanol–water partition coefficient (Wildman–Crippen LogP) is 4.37. The number of hydrazone groups is 1. The molecule has 0 saturated carbocycles. The number of carbonyl (C=O) groups excluding carboxylic acids is 1. The lowest BCUT2D eigenvalue weighted by atomic mass is 10.1. The second-order valence-corrected chi connectivity index (χ2v) is 6.68. The highest BCUT2D eigenvalue weighted by Gasteiger charge is 2.11. The van der Waals surface area contributed by atoms with Gasteiger partial charge in [0.1, 0.15) is 11.5 Å². The molecule has 3 aromatic carbocycles. The van der Waals surface area contributed by atoms with Crippen LogP contribution in [0.1, 0.15) is 11.1 Å². The van der Waals surface area contributed by atoms with Crippen LogP contribution in [0.5, 0.6) is 0 Å². The van der Waals surface area contributed by atoms with Crippen molar-refractivity contribution in [1.82, 2.24) is 15.2 Å². The van der Waals surface area contributed by atoms with Gasteiger partial charge in [0.15, 0.2) is 0 Å². The van der Waals surface area contributed by atoms with Gasteiger partial charge < -0.3 is 0 Å². The Kier molecular flexibility index (Phi) is 5.75. The third kappa shape index (κ3) is 4.67. The Bertz CT molecular complexity index is 1150. The maximum absolute atomic E-state index is 13.0.